The van der Waals surface area contributed by atoms with E-state index in [1.807, 2.05) is 30.3 Å². The first-order valence-electron chi connectivity index (χ1n) is 6.93. The standard InChI is InChI=1S/C17H17NO3/c1-20-14-7-4-12(5-8-14)2-3-13-6-9-16-15(10-13)18-17(19)11-21-16/h4-10H,2-3,11H2,1H3,(H,18,19). The van der Waals surface area contributed by atoms with Crippen LogP contribution < -0.4 is 14.8 Å². The molecule has 21 heavy (non-hydrogen) atoms. The number of nitrogens with one attached hydrogen (secondary N) is 1. The molecule has 2 aromatic rings. The van der Waals surface area contributed by atoms with Gasteiger partial charge in [-0.25, -0.2) is 0 Å². The van der Waals surface area contributed by atoms with Gasteiger partial charge in [0.25, 0.3) is 5.91 Å². The topological polar surface area (TPSA) is 47.6 Å². The summed E-state index contributed by atoms with van der Waals surface area (Å²) in [5.41, 5.74) is 3.20. The highest BCUT2D eigenvalue weighted by Gasteiger charge is 2.15. The van der Waals surface area contributed by atoms with E-state index in [1.54, 1.807) is 7.11 Å². The number of amides is 1. The minimum Gasteiger partial charge on any atom is -0.497 e. The van der Waals surface area contributed by atoms with E-state index in [9.17, 15) is 4.79 Å². The largest absolute Gasteiger partial charge is 0.497 e. The maximum absolute atomic E-state index is 11.3. The lowest BCUT2D eigenvalue weighted by molar-refractivity contribution is -0.118. The zero-order chi connectivity index (χ0) is 14.7. The molecule has 0 saturated heterocycles. The zero-order valence-corrected chi connectivity index (χ0v) is 11.9. The van der Waals surface area contributed by atoms with Gasteiger partial charge in [-0.15, -0.1) is 0 Å². The normalized spacial score (nSPS) is 13.1. The van der Waals surface area contributed by atoms with E-state index in [0.29, 0.717) is 0 Å². The van der Waals surface area contributed by atoms with Crippen LogP contribution in [0.1, 0.15) is 11.1 Å². The first-order chi connectivity index (χ1) is 10.2. The fourth-order valence-electron chi connectivity index (χ4n) is 2.37. The van der Waals surface area contributed by atoms with Gasteiger partial charge in [-0.1, -0.05) is 18.2 Å². The molecule has 1 aliphatic rings. The summed E-state index contributed by atoms with van der Waals surface area (Å²) < 4.78 is 10.5. The molecule has 1 amide bonds. The molecular weight excluding hydrogens is 266 g/mol. The lowest BCUT2D eigenvalue weighted by Gasteiger charge is -2.18. The highest BCUT2D eigenvalue weighted by Crippen LogP contribution is 2.28. The number of fused-ring (bicyclic) bond motifs is 1. The average Bonchev–Trinajstić information content (AvgIpc) is 2.53. The molecule has 0 fully saturated rings. The third-order valence-corrected chi connectivity index (χ3v) is 3.54. The summed E-state index contributed by atoms with van der Waals surface area (Å²) in [5.74, 6) is 1.50. The van der Waals surface area contributed by atoms with Gasteiger partial charge in [0.05, 0.1) is 12.8 Å². The monoisotopic (exact) mass is 283 g/mol. The van der Waals surface area contributed by atoms with Gasteiger partial charge in [-0.3, -0.25) is 4.79 Å². The number of aryl methyl sites for hydroxylation is 2. The molecule has 0 unspecified atom stereocenters. The number of carbonyl (C=O) groups is 1. The number of hydrogen-bond donors (Lipinski definition) is 1. The Bertz CT molecular complexity index is 650. The van der Waals surface area contributed by atoms with Crippen LogP contribution in [0.2, 0.25) is 0 Å². The van der Waals surface area contributed by atoms with E-state index in [0.717, 1.165) is 30.0 Å². The summed E-state index contributed by atoms with van der Waals surface area (Å²) in [6, 6.07) is 14.0. The van der Waals surface area contributed by atoms with Crippen molar-refractivity contribution in [1.29, 1.82) is 0 Å². The Morgan fingerprint density at radius 1 is 1.10 bits per heavy atom. The van der Waals surface area contributed by atoms with Gasteiger partial charge in [0.15, 0.2) is 6.61 Å². The number of carbonyl (C=O) groups excluding carboxylic acids is 1. The first-order valence-corrected chi connectivity index (χ1v) is 6.93. The molecule has 1 heterocycles. The van der Waals surface area contributed by atoms with E-state index >= 15 is 0 Å². The Hall–Kier alpha value is -2.49. The average molecular weight is 283 g/mol. The molecule has 1 N–H and O–H groups in total. The van der Waals surface area contributed by atoms with Crippen molar-refractivity contribution in [3.8, 4) is 11.5 Å². The van der Waals surface area contributed by atoms with E-state index in [4.69, 9.17) is 9.47 Å². The lowest BCUT2D eigenvalue weighted by atomic mass is 10.0. The number of ether oxygens (including phenoxy) is 2. The molecule has 0 saturated carbocycles. The number of rotatable bonds is 4. The van der Waals surface area contributed by atoms with Gasteiger partial charge >= 0.3 is 0 Å². The number of anilines is 1. The molecule has 1 aliphatic heterocycles. The molecule has 0 aromatic heterocycles. The molecule has 0 spiro atoms. The Morgan fingerprint density at radius 3 is 2.57 bits per heavy atom. The van der Waals surface area contributed by atoms with Crippen molar-refractivity contribution >= 4 is 11.6 Å². The van der Waals surface area contributed by atoms with Crippen molar-refractivity contribution in [2.45, 2.75) is 12.8 Å². The Labute approximate surface area is 123 Å². The van der Waals surface area contributed by atoms with Crippen LogP contribution in [0.15, 0.2) is 42.5 Å². The van der Waals surface area contributed by atoms with Gasteiger partial charge in [0.1, 0.15) is 11.5 Å². The van der Waals surface area contributed by atoms with Crippen molar-refractivity contribution in [3.63, 3.8) is 0 Å². The lowest BCUT2D eigenvalue weighted by Crippen LogP contribution is -2.25. The van der Waals surface area contributed by atoms with Crippen LogP contribution in [0.25, 0.3) is 0 Å². The fraction of sp³-hybridized carbons (Fsp3) is 0.235. The van der Waals surface area contributed by atoms with E-state index < -0.39 is 0 Å². The Morgan fingerprint density at radius 2 is 1.81 bits per heavy atom. The summed E-state index contributed by atoms with van der Waals surface area (Å²) in [6.07, 6.45) is 1.85. The van der Waals surface area contributed by atoms with E-state index in [-0.39, 0.29) is 12.5 Å². The second-order valence-electron chi connectivity index (χ2n) is 5.02. The van der Waals surface area contributed by atoms with Crippen molar-refractivity contribution in [3.05, 3.63) is 53.6 Å². The van der Waals surface area contributed by atoms with Crippen molar-refractivity contribution in [2.75, 3.05) is 19.0 Å². The molecule has 4 nitrogen and oxygen atoms in total. The Kier molecular flexibility index (Phi) is 3.77. The molecule has 2 aromatic carbocycles. The molecule has 3 rings (SSSR count). The van der Waals surface area contributed by atoms with Crippen LogP contribution >= 0.6 is 0 Å². The summed E-state index contributed by atoms with van der Waals surface area (Å²) in [5, 5.41) is 2.83. The maximum atomic E-state index is 11.3. The third-order valence-electron chi connectivity index (χ3n) is 3.54. The summed E-state index contributed by atoms with van der Waals surface area (Å²) in [4.78, 5) is 11.3. The van der Waals surface area contributed by atoms with E-state index in [2.05, 4.69) is 17.4 Å². The summed E-state index contributed by atoms with van der Waals surface area (Å²) in [7, 11) is 1.67. The van der Waals surface area contributed by atoms with Crippen LogP contribution in [0.4, 0.5) is 5.69 Å². The maximum Gasteiger partial charge on any atom is 0.262 e. The minimum atomic E-state index is -0.102. The number of hydrogen-bond acceptors (Lipinski definition) is 3. The van der Waals surface area contributed by atoms with Crippen LogP contribution in [-0.2, 0) is 17.6 Å². The summed E-state index contributed by atoms with van der Waals surface area (Å²) >= 11 is 0. The third kappa shape index (κ3) is 3.16. The van der Waals surface area contributed by atoms with Gasteiger partial charge in [-0.2, -0.15) is 0 Å². The van der Waals surface area contributed by atoms with Gasteiger partial charge in [0, 0.05) is 0 Å². The highest BCUT2D eigenvalue weighted by molar-refractivity contribution is 5.95. The predicted octanol–water partition coefficient (Wildman–Crippen LogP) is 2.81. The smallest absolute Gasteiger partial charge is 0.262 e. The summed E-state index contributed by atoms with van der Waals surface area (Å²) in [6.45, 7) is 0.0954. The molecule has 0 bridgehead atoms. The predicted molar refractivity (Wildman–Crippen MR) is 81.0 cm³/mol. The second-order valence-corrected chi connectivity index (χ2v) is 5.02. The number of methoxy groups -OCH3 is 1. The SMILES string of the molecule is COc1ccc(CCc2ccc3c(c2)NC(=O)CO3)cc1. The zero-order valence-electron chi connectivity index (χ0n) is 11.9. The van der Waals surface area contributed by atoms with Gasteiger partial charge in [0.2, 0.25) is 0 Å². The van der Waals surface area contributed by atoms with Crippen molar-refractivity contribution in [1.82, 2.24) is 0 Å². The molecule has 0 radical (unpaired) electrons. The highest BCUT2D eigenvalue weighted by atomic mass is 16.5. The van der Waals surface area contributed by atoms with Crippen LogP contribution in [0.3, 0.4) is 0 Å². The number of benzene rings is 2. The first kappa shape index (κ1) is 13.5. The molecule has 4 heteroatoms. The van der Waals surface area contributed by atoms with Crippen LogP contribution in [0, 0.1) is 0 Å². The molecule has 108 valence electrons. The van der Waals surface area contributed by atoms with Gasteiger partial charge < -0.3 is 14.8 Å². The Balaban J connectivity index is 1.67. The van der Waals surface area contributed by atoms with E-state index in [1.165, 1.54) is 11.1 Å². The quantitative estimate of drug-likeness (QED) is 0.938. The minimum absolute atomic E-state index is 0.0954. The molecular formula is C17H17NO3. The van der Waals surface area contributed by atoms with Crippen molar-refractivity contribution < 1.29 is 14.3 Å². The van der Waals surface area contributed by atoms with Crippen LogP contribution in [0.5, 0.6) is 11.5 Å². The van der Waals surface area contributed by atoms with Crippen molar-refractivity contribution in [2.24, 2.45) is 0 Å². The fourth-order valence-corrected chi connectivity index (χ4v) is 2.37. The van der Waals surface area contributed by atoms with Crippen LogP contribution in [-0.4, -0.2) is 19.6 Å². The molecule has 0 atom stereocenters. The van der Waals surface area contributed by atoms with Gasteiger partial charge in [-0.05, 0) is 48.2 Å². The molecule has 0 aliphatic carbocycles. The second kappa shape index (κ2) is 5.87.